The zero-order chi connectivity index (χ0) is 13.3. The molecule has 0 bridgehead atoms. The summed E-state index contributed by atoms with van der Waals surface area (Å²) >= 11 is 0. The number of hydrogen-bond donors (Lipinski definition) is 2. The Morgan fingerprint density at radius 2 is 2.11 bits per heavy atom. The number of para-hydroxylation sites is 1. The molecule has 0 fully saturated rings. The van der Waals surface area contributed by atoms with Crippen molar-refractivity contribution in [3.8, 4) is 0 Å². The first-order valence-corrected chi connectivity index (χ1v) is 6.94. The third kappa shape index (κ3) is 2.06. The van der Waals surface area contributed by atoms with E-state index in [1.807, 2.05) is 0 Å². The normalized spacial score (nSPS) is 19.4. The van der Waals surface area contributed by atoms with Gasteiger partial charge >= 0.3 is 16.2 Å². The SMILES string of the molecule is CNS(=O)(=O)N1CCC(C(=O)O)c2ccccc21. The molecule has 1 aromatic carbocycles. The zero-order valence-electron chi connectivity index (χ0n) is 9.83. The summed E-state index contributed by atoms with van der Waals surface area (Å²) in [5.41, 5.74) is 0.973. The quantitative estimate of drug-likeness (QED) is 0.838. The topological polar surface area (TPSA) is 86.7 Å². The lowest BCUT2D eigenvalue weighted by molar-refractivity contribution is -0.139. The first kappa shape index (κ1) is 12.8. The predicted molar refractivity (Wildman–Crippen MR) is 66.8 cm³/mol. The van der Waals surface area contributed by atoms with E-state index in [4.69, 9.17) is 5.11 Å². The summed E-state index contributed by atoms with van der Waals surface area (Å²) in [6, 6.07) is 6.69. The summed E-state index contributed by atoms with van der Waals surface area (Å²) in [6.07, 6.45) is 0.271. The third-order valence-electron chi connectivity index (χ3n) is 3.05. The van der Waals surface area contributed by atoms with E-state index in [0.29, 0.717) is 11.3 Å². The second-order valence-corrected chi connectivity index (χ2v) is 5.82. The van der Waals surface area contributed by atoms with Crippen LogP contribution in [0, 0.1) is 0 Å². The lowest BCUT2D eigenvalue weighted by Gasteiger charge is -2.32. The number of carboxylic acids is 1. The van der Waals surface area contributed by atoms with Crippen molar-refractivity contribution < 1.29 is 18.3 Å². The number of anilines is 1. The fraction of sp³-hybridized carbons (Fsp3) is 0.364. The van der Waals surface area contributed by atoms with Gasteiger partial charge in [0.15, 0.2) is 0 Å². The Morgan fingerprint density at radius 1 is 1.44 bits per heavy atom. The molecular formula is C11H14N2O4S. The molecule has 98 valence electrons. The highest BCUT2D eigenvalue weighted by molar-refractivity contribution is 7.90. The summed E-state index contributed by atoms with van der Waals surface area (Å²) in [4.78, 5) is 11.2. The van der Waals surface area contributed by atoms with Crippen molar-refractivity contribution in [1.29, 1.82) is 0 Å². The molecule has 18 heavy (non-hydrogen) atoms. The van der Waals surface area contributed by atoms with E-state index >= 15 is 0 Å². The molecule has 2 rings (SSSR count). The Balaban J connectivity index is 2.53. The minimum Gasteiger partial charge on any atom is -0.481 e. The van der Waals surface area contributed by atoms with Crippen molar-refractivity contribution >= 4 is 21.9 Å². The minimum absolute atomic E-state index is 0.164. The largest absolute Gasteiger partial charge is 0.481 e. The van der Waals surface area contributed by atoms with E-state index in [1.165, 1.54) is 11.4 Å². The van der Waals surface area contributed by atoms with Gasteiger partial charge in [-0.25, -0.2) is 4.72 Å². The molecular weight excluding hydrogens is 256 g/mol. The maximum atomic E-state index is 11.9. The lowest BCUT2D eigenvalue weighted by Crippen LogP contribution is -2.43. The number of carboxylic acid groups (broad SMARTS) is 1. The van der Waals surface area contributed by atoms with Crippen LogP contribution in [0.25, 0.3) is 0 Å². The molecule has 1 aliphatic rings. The maximum Gasteiger partial charge on any atom is 0.311 e. The number of nitrogens with one attached hydrogen (secondary N) is 1. The first-order valence-electron chi connectivity index (χ1n) is 5.50. The number of rotatable bonds is 3. The van der Waals surface area contributed by atoms with Crippen LogP contribution in [0.15, 0.2) is 24.3 Å². The van der Waals surface area contributed by atoms with Crippen molar-refractivity contribution in [3.63, 3.8) is 0 Å². The summed E-state index contributed by atoms with van der Waals surface area (Å²) in [5.74, 6) is -1.58. The standard InChI is InChI=1S/C11H14N2O4S/c1-12-18(16,17)13-7-6-9(11(14)15)8-4-2-3-5-10(8)13/h2-5,9,12H,6-7H2,1H3,(H,14,15). The van der Waals surface area contributed by atoms with Gasteiger partial charge in [-0.2, -0.15) is 8.42 Å². The Hall–Kier alpha value is -1.60. The first-order chi connectivity index (χ1) is 8.47. The molecule has 0 aromatic heterocycles. The van der Waals surface area contributed by atoms with E-state index in [2.05, 4.69) is 4.72 Å². The molecule has 0 spiro atoms. The molecule has 1 unspecified atom stereocenters. The van der Waals surface area contributed by atoms with Gasteiger partial charge in [-0.05, 0) is 18.1 Å². The van der Waals surface area contributed by atoms with Gasteiger partial charge in [0.2, 0.25) is 0 Å². The Kier molecular flexibility index (Phi) is 3.27. The summed E-state index contributed by atoms with van der Waals surface area (Å²) in [6.45, 7) is 0.164. The number of fused-ring (bicyclic) bond motifs is 1. The van der Waals surface area contributed by atoms with Crippen molar-refractivity contribution in [2.45, 2.75) is 12.3 Å². The van der Waals surface area contributed by atoms with Crippen LogP contribution >= 0.6 is 0 Å². The van der Waals surface area contributed by atoms with E-state index < -0.39 is 22.1 Å². The van der Waals surface area contributed by atoms with Crippen LogP contribution in [-0.4, -0.2) is 33.1 Å². The minimum atomic E-state index is -3.59. The molecule has 6 nitrogen and oxygen atoms in total. The lowest BCUT2D eigenvalue weighted by atomic mass is 9.91. The van der Waals surface area contributed by atoms with Crippen LogP contribution in [0.1, 0.15) is 17.9 Å². The highest BCUT2D eigenvalue weighted by Gasteiger charge is 2.34. The number of nitrogens with zero attached hydrogens (tertiary/aromatic N) is 1. The highest BCUT2D eigenvalue weighted by atomic mass is 32.2. The maximum absolute atomic E-state index is 11.9. The van der Waals surface area contributed by atoms with Gasteiger partial charge in [0.1, 0.15) is 0 Å². The third-order valence-corrected chi connectivity index (χ3v) is 4.52. The van der Waals surface area contributed by atoms with Crippen LogP contribution in [0.4, 0.5) is 5.69 Å². The van der Waals surface area contributed by atoms with Crippen LogP contribution < -0.4 is 9.03 Å². The van der Waals surface area contributed by atoms with E-state index in [0.717, 1.165) is 0 Å². The molecule has 1 aromatic rings. The molecule has 0 saturated carbocycles. The zero-order valence-corrected chi connectivity index (χ0v) is 10.6. The second kappa shape index (κ2) is 4.58. The van der Waals surface area contributed by atoms with E-state index in [-0.39, 0.29) is 13.0 Å². The summed E-state index contributed by atoms with van der Waals surface area (Å²) in [5, 5.41) is 9.15. The van der Waals surface area contributed by atoms with Crippen molar-refractivity contribution in [2.75, 3.05) is 17.9 Å². The van der Waals surface area contributed by atoms with Crippen LogP contribution in [-0.2, 0) is 15.0 Å². The average molecular weight is 270 g/mol. The Labute approximate surface area is 105 Å². The fourth-order valence-electron chi connectivity index (χ4n) is 2.15. The van der Waals surface area contributed by atoms with Gasteiger partial charge in [0, 0.05) is 13.6 Å². The average Bonchev–Trinajstić information content (AvgIpc) is 2.37. The van der Waals surface area contributed by atoms with E-state index in [1.54, 1.807) is 24.3 Å². The van der Waals surface area contributed by atoms with Crippen molar-refractivity contribution in [3.05, 3.63) is 29.8 Å². The number of hydrogen-bond acceptors (Lipinski definition) is 3. The van der Waals surface area contributed by atoms with Crippen molar-refractivity contribution in [2.24, 2.45) is 0 Å². The molecule has 1 atom stereocenters. The molecule has 1 aliphatic heterocycles. The Morgan fingerprint density at radius 3 is 2.72 bits per heavy atom. The van der Waals surface area contributed by atoms with Crippen molar-refractivity contribution in [1.82, 2.24) is 4.72 Å². The molecule has 0 aliphatic carbocycles. The van der Waals surface area contributed by atoms with E-state index in [9.17, 15) is 13.2 Å². The van der Waals surface area contributed by atoms with Crippen LogP contribution in [0.5, 0.6) is 0 Å². The fourth-order valence-corrected chi connectivity index (χ4v) is 3.14. The van der Waals surface area contributed by atoms with Crippen LogP contribution in [0.3, 0.4) is 0 Å². The monoisotopic (exact) mass is 270 g/mol. The molecule has 7 heteroatoms. The molecule has 0 radical (unpaired) electrons. The number of carbonyl (C=O) groups is 1. The van der Waals surface area contributed by atoms with Gasteiger partial charge in [-0.1, -0.05) is 18.2 Å². The summed E-state index contributed by atoms with van der Waals surface area (Å²) < 4.78 is 27.2. The smallest absolute Gasteiger partial charge is 0.311 e. The van der Waals surface area contributed by atoms with Gasteiger partial charge in [-0.3, -0.25) is 9.10 Å². The molecule has 1 heterocycles. The second-order valence-electron chi connectivity index (χ2n) is 4.02. The van der Waals surface area contributed by atoms with Gasteiger partial charge in [0.05, 0.1) is 11.6 Å². The van der Waals surface area contributed by atoms with Gasteiger partial charge in [0.25, 0.3) is 0 Å². The molecule has 0 saturated heterocycles. The number of aliphatic carboxylic acids is 1. The van der Waals surface area contributed by atoms with Gasteiger partial charge < -0.3 is 5.11 Å². The Bertz CT molecular complexity index is 570. The van der Waals surface area contributed by atoms with Crippen LogP contribution in [0.2, 0.25) is 0 Å². The summed E-state index contributed by atoms with van der Waals surface area (Å²) in [7, 11) is -2.26. The highest BCUT2D eigenvalue weighted by Crippen LogP contribution is 2.36. The molecule has 0 amide bonds. The molecule has 2 N–H and O–H groups in total. The van der Waals surface area contributed by atoms with Gasteiger partial charge in [-0.15, -0.1) is 0 Å². The predicted octanol–water partition coefficient (Wildman–Crippen LogP) is 0.529. The number of benzene rings is 1.